The Balaban J connectivity index is 1.98. The van der Waals surface area contributed by atoms with Crippen molar-refractivity contribution in [3.63, 3.8) is 0 Å². The smallest absolute Gasteiger partial charge is 0.282 e. The quantitative estimate of drug-likeness (QED) is 0.661. The number of hydrogen-bond donors (Lipinski definition) is 2. The van der Waals surface area contributed by atoms with Crippen molar-refractivity contribution in [2.75, 3.05) is 5.01 Å². The fourth-order valence-electron chi connectivity index (χ4n) is 2.11. The number of carbonyl (C=O) groups is 2. The molecule has 0 aliphatic carbocycles. The number of benzene rings is 2. The second kappa shape index (κ2) is 5.54. The average molecular weight is 315 g/mol. The molecule has 2 N–H and O–H groups in total. The Morgan fingerprint density at radius 2 is 1.82 bits per heavy atom. The van der Waals surface area contributed by atoms with Crippen molar-refractivity contribution in [2.24, 2.45) is 0 Å². The van der Waals surface area contributed by atoms with Gasteiger partial charge in [-0.25, -0.2) is 5.01 Å². The van der Waals surface area contributed by atoms with Crippen LogP contribution in [-0.4, -0.2) is 16.9 Å². The molecule has 2 aromatic rings. The van der Waals surface area contributed by atoms with E-state index in [0.717, 1.165) is 5.01 Å². The maximum Gasteiger partial charge on any atom is 0.282 e. The Morgan fingerprint density at radius 3 is 2.55 bits per heavy atom. The van der Waals surface area contributed by atoms with Gasteiger partial charge in [0.15, 0.2) is 0 Å². The number of nitrogens with zero attached hydrogens (tertiary/aromatic N) is 1. The highest BCUT2D eigenvalue weighted by Crippen LogP contribution is 2.26. The summed E-state index contributed by atoms with van der Waals surface area (Å²) in [6.07, 6.45) is 1.32. The summed E-state index contributed by atoms with van der Waals surface area (Å²) in [4.78, 5) is 24.4. The molecule has 1 saturated heterocycles. The lowest BCUT2D eigenvalue weighted by atomic mass is 10.1. The van der Waals surface area contributed by atoms with Crippen LogP contribution in [0, 0.1) is 0 Å². The van der Waals surface area contributed by atoms with E-state index in [9.17, 15) is 14.7 Å². The van der Waals surface area contributed by atoms with E-state index in [-0.39, 0.29) is 11.3 Å². The highest BCUT2D eigenvalue weighted by molar-refractivity contribution is 6.32. The first-order chi connectivity index (χ1) is 10.6. The van der Waals surface area contributed by atoms with Crippen molar-refractivity contribution >= 4 is 35.2 Å². The van der Waals surface area contributed by atoms with E-state index < -0.39 is 11.8 Å². The molecule has 0 saturated carbocycles. The number of hydrazine groups is 1. The SMILES string of the molecule is O=C1NN(c2ccccc2)C(=O)C1=Cc1cc(Cl)ccc1O. The van der Waals surface area contributed by atoms with Gasteiger partial charge in [0, 0.05) is 10.6 Å². The van der Waals surface area contributed by atoms with Crippen molar-refractivity contribution in [1.82, 2.24) is 5.43 Å². The molecule has 0 bridgehead atoms. The van der Waals surface area contributed by atoms with Crippen LogP contribution < -0.4 is 10.4 Å². The van der Waals surface area contributed by atoms with Crippen molar-refractivity contribution in [2.45, 2.75) is 0 Å². The zero-order valence-corrected chi connectivity index (χ0v) is 12.0. The third-order valence-electron chi connectivity index (χ3n) is 3.20. The molecule has 22 heavy (non-hydrogen) atoms. The minimum atomic E-state index is -0.534. The van der Waals surface area contributed by atoms with Crippen LogP contribution in [0.3, 0.4) is 0 Å². The maximum absolute atomic E-state index is 12.4. The van der Waals surface area contributed by atoms with E-state index in [4.69, 9.17) is 11.6 Å². The van der Waals surface area contributed by atoms with Gasteiger partial charge in [-0.2, -0.15) is 0 Å². The molecule has 5 nitrogen and oxygen atoms in total. The number of carbonyl (C=O) groups excluding carboxylic acids is 2. The van der Waals surface area contributed by atoms with E-state index in [1.165, 1.54) is 24.3 Å². The van der Waals surface area contributed by atoms with Gasteiger partial charge in [-0.15, -0.1) is 0 Å². The van der Waals surface area contributed by atoms with E-state index in [2.05, 4.69) is 5.43 Å². The molecule has 1 aliphatic heterocycles. The summed E-state index contributed by atoms with van der Waals surface area (Å²) in [5.74, 6) is -1.08. The van der Waals surface area contributed by atoms with Crippen molar-refractivity contribution < 1.29 is 14.7 Å². The predicted molar refractivity (Wildman–Crippen MR) is 83.2 cm³/mol. The molecule has 3 rings (SSSR count). The number of aromatic hydroxyl groups is 1. The largest absolute Gasteiger partial charge is 0.507 e. The van der Waals surface area contributed by atoms with Crippen LogP contribution in [0.2, 0.25) is 5.02 Å². The minimum absolute atomic E-state index is 0.0596. The number of rotatable bonds is 2. The van der Waals surface area contributed by atoms with Crippen LogP contribution >= 0.6 is 11.6 Å². The van der Waals surface area contributed by atoms with Crippen LogP contribution in [0.1, 0.15) is 5.56 Å². The van der Waals surface area contributed by atoms with Crippen LogP contribution in [0.5, 0.6) is 5.75 Å². The van der Waals surface area contributed by atoms with Gasteiger partial charge in [-0.05, 0) is 36.4 Å². The number of para-hydroxylation sites is 1. The number of anilines is 1. The van der Waals surface area contributed by atoms with Crippen LogP contribution in [0.15, 0.2) is 54.1 Å². The molecule has 0 unspecified atom stereocenters. The molecule has 2 amide bonds. The van der Waals surface area contributed by atoms with Gasteiger partial charge in [0.1, 0.15) is 11.3 Å². The lowest BCUT2D eigenvalue weighted by molar-refractivity contribution is -0.117. The molecule has 0 aromatic heterocycles. The normalized spacial score (nSPS) is 16.2. The fourth-order valence-corrected chi connectivity index (χ4v) is 2.29. The van der Waals surface area contributed by atoms with Gasteiger partial charge in [0.2, 0.25) is 0 Å². The Hall–Kier alpha value is -2.79. The number of nitrogens with one attached hydrogen (secondary N) is 1. The van der Waals surface area contributed by atoms with E-state index in [0.29, 0.717) is 16.3 Å². The molecular weight excluding hydrogens is 304 g/mol. The molecule has 1 heterocycles. The summed E-state index contributed by atoms with van der Waals surface area (Å²) in [7, 11) is 0. The van der Waals surface area contributed by atoms with Gasteiger partial charge in [-0.1, -0.05) is 29.8 Å². The Kier molecular flexibility index (Phi) is 3.56. The molecule has 1 aliphatic rings. The number of amides is 2. The van der Waals surface area contributed by atoms with Crippen molar-refractivity contribution in [3.05, 3.63) is 64.7 Å². The van der Waals surface area contributed by atoms with Gasteiger partial charge in [0.05, 0.1) is 5.69 Å². The number of hydrogen-bond acceptors (Lipinski definition) is 3. The summed E-state index contributed by atoms with van der Waals surface area (Å²) in [5.41, 5.74) is 3.28. The molecule has 0 radical (unpaired) electrons. The first-order valence-electron chi connectivity index (χ1n) is 6.47. The van der Waals surface area contributed by atoms with Crippen LogP contribution in [0.4, 0.5) is 5.69 Å². The predicted octanol–water partition coefficient (Wildman–Crippen LogP) is 2.51. The first kappa shape index (κ1) is 14.2. The number of phenolic OH excluding ortho intramolecular Hbond substituents is 1. The second-order valence-electron chi connectivity index (χ2n) is 4.68. The van der Waals surface area contributed by atoms with Gasteiger partial charge in [0.25, 0.3) is 11.8 Å². The Bertz CT molecular complexity index is 787. The Morgan fingerprint density at radius 1 is 1.09 bits per heavy atom. The molecule has 0 atom stereocenters. The topological polar surface area (TPSA) is 69.6 Å². The summed E-state index contributed by atoms with van der Waals surface area (Å²) in [6.45, 7) is 0. The van der Waals surface area contributed by atoms with E-state index in [1.807, 2.05) is 6.07 Å². The lowest BCUT2D eigenvalue weighted by Gasteiger charge is -2.13. The van der Waals surface area contributed by atoms with E-state index >= 15 is 0 Å². The summed E-state index contributed by atoms with van der Waals surface area (Å²) < 4.78 is 0. The number of halogens is 1. The zero-order chi connectivity index (χ0) is 15.7. The van der Waals surface area contributed by atoms with E-state index in [1.54, 1.807) is 24.3 Å². The Labute approximate surface area is 131 Å². The zero-order valence-electron chi connectivity index (χ0n) is 11.3. The average Bonchev–Trinajstić information content (AvgIpc) is 2.80. The summed E-state index contributed by atoms with van der Waals surface area (Å²) in [6, 6.07) is 13.2. The van der Waals surface area contributed by atoms with Crippen molar-refractivity contribution in [3.8, 4) is 5.75 Å². The van der Waals surface area contributed by atoms with Gasteiger partial charge in [-0.3, -0.25) is 15.0 Å². The van der Waals surface area contributed by atoms with Crippen LogP contribution in [0.25, 0.3) is 6.08 Å². The lowest BCUT2D eigenvalue weighted by Crippen LogP contribution is -2.35. The maximum atomic E-state index is 12.4. The molecule has 110 valence electrons. The standard InChI is InChI=1S/C16H11ClN2O3/c17-11-6-7-14(20)10(8-11)9-13-15(21)18-19(16(13)22)12-4-2-1-3-5-12/h1-9,20H,(H,18,21). The molecular formula is C16H11ClN2O3. The summed E-state index contributed by atoms with van der Waals surface area (Å²) in [5, 5.41) is 11.4. The highest BCUT2D eigenvalue weighted by atomic mass is 35.5. The minimum Gasteiger partial charge on any atom is -0.507 e. The molecule has 0 spiro atoms. The highest BCUT2D eigenvalue weighted by Gasteiger charge is 2.34. The van der Waals surface area contributed by atoms with Gasteiger partial charge >= 0.3 is 0 Å². The number of phenols is 1. The van der Waals surface area contributed by atoms with Crippen molar-refractivity contribution in [1.29, 1.82) is 0 Å². The fraction of sp³-hybridized carbons (Fsp3) is 0. The summed E-state index contributed by atoms with van der Waals surface area (Å²) >= 11 is 5.86. The van der Waals surface area contributed by atoms with Gasteiger partial charge < -0.3 is 5.11 Å². The third kappa shape index (κ3) is 2.54. The van der Waals surface area contributed by atoms with Crippen LogP contribution in [-0.2, 0) is 9.59 Å². The first-order valence-corrected chi connectivity index (χ1v) is 6.85. The molecule has 6 heteroatoms. The monoisotopic (exact) mass is 314 g/mol. The third-order valence-corrected chi connectivity index (χ3v) is 3.43. The second-order valence-corrected chi connectivity index (χ2v) is 5.11. The molecule has 1 fully saturated rings. The molecule has 2 aromatic carbocycles.